The average Bonchev–Trinajstić information content (AvgIpc) is 2.04. The molecular formula is C6H10ClN3O3S. The van der Waals surface area contributed by atoms with E-state index >= 15 is 0 Å². The fourth-order valence-electron chi connectivity index (χ4n) is 0.783. The maximum absolute atomic E-state index is 10.8. The van der Waals surface area contributed by atoms with Gasteiger partial charge in [0.05, 0.1) is 10.6 Å². The highest BCUT2D eigenvalue weighted by atomic mass is 35.5. The van der Waals surface area contributed by atoms with Crippen molar-refractivity contribution in [3.05, 3.63) is 24.3 Å². The summed E-state index contributed by atoms with van der Waals surface area (Å²) in [6.07, 6.45) is 0. The van der Waals surface area contributed by atoms with Crippen LogP contribution in [0.3, 0.4) is 0 Å². The van der Waals surface area contributed by atoms with Crippen LogP contribution in [-0.2, 0) is 10.0 Å². The summed E-state index contributed by atoms with van der Waals surface area (Å²) < 4.78 is 21.6. The van der Waals surface area contributed by atoms with E-state index < -0.39 is 10.0 Å². The first kappa shape index (κ1) is 13.1. The van der Waals surface area contributed by atoms with Crippen molar-refractivity contribution in [3.63, 3.8) is 0 Å². The number of hydrogen-bond acceptors (Lipinski definition) is 4. The summed E-state index contributed by atoms with van der Waals surface area (Å²) in [5.41, 5.74) is 3.21. The third-order valence-electron chi connectivity index (χ3n) is 1.37. The van der Waals surface area contributed by atoms with E-state index in [0.29, 0.717) is 5.69 Å². The highest BCUT2D eigenvalue weighted by Gasteiger charge is 2.05. The van der Waals surface area contributed by atoms with Crippen LogP contribution in [0.5, 0.6) is 0 Å². The lowest BCUT2D eigenvalue weighted by molar-refractivity contribution is 0.598. The van der Waals surface area contributed by atoms with E-state index in [0.717, 1.165) is 0 Å². The Morgan fingerprint density at radius 3 is 2.07 bits per heavy atom. The maximum atomic E-state index is 10.8. The zero-order chi connectivity index (χ0) is 9.90. The lowest BCUT2D eigenvalue weighted by Gasteiger charge is -2.02. The molecule has 0 aliphatic rings. The Labute approximate surface area is 86.5 Å². The SMILES string of the molecule is NS(=O)(=O)c1ccc(NNCl)cc1.O. The molecule has 0 aliphatic heterocycles. The number of hydrazine groups is 1. The number of anilines is 1. The Bertz CT molecular complexity index is 378. The van der Waals surface area contributed by atoms with Crippen LogP contribution in [0.25, 0.3) is 0 Å². The van der Waals surface area contributed by atoms with Gasteiger partial charge in [-0.15, -0.1) is 4.94 Å². The largest absolute Gasteiger partial charge is 0.412 e. The second kappa shape index (κ2) is 5.13. The van der Waals surface area contributed by atoms with E-state index in [4.69, 9.17) is 16.9 Å². The molecule has 0 saturated heterocycles. The average molecular weight is 240 g/mol. The predicted molar refractivity (Wildman–Crippen MR) is 54.0 cm³/mol. The molecule has 14 heavy (non-hydrogen) atoms. The fraction of sp³-hybridized carbons (Fsp3) is 0. The van der Waals surface area contributed by atoms with Gasteiger partial charge in [0.1, 0.15) is 0 Å². The second-order valence-corrected chi connectivity index (χ2v) is 4.04. The van der Waals surface area contributed by atoms with Crippen LogP contribution < -0.4 is 15.5 Å². The van der Waals surface area contributed by atoms with Crippen LogP contribution in [-0.4, -0.2) is 13.9 Å². The van der Waals surface area contributed by atoms with E-state index in [1.54, 1.807) is 0 Å². The van der Waals surface area contributed by atoms with Crippen LogP contribution in [0.15, 0.2) is 29.2 Å². The molecule has 1 aromatic rings. The number of nitrogens with one attached hydrogen (secondary N) is 2. The molecule has 0 radical (unpaired) electrons. The van der Waals surface area contributed by atoms with E-state index in [9.17, 15) is 8.42 Å². The number of hydrogen-bond donors (Lipinski definition) is 3. The van der Waals surface area contributed by atoms with Crippen molar-refractivity contribution in [1.29, 1.82) is 0 Å². The van der Waals surface area contributed by atoms with Crippen LogP contribution in [0.2, 0.25) is 0 Å². The lowest BCUT2D eigenvalue weighted by atomic mass is 10.3. The zero-order valence-corrected chi connectivity index (χ0v) is 8.56. The molecule has 0 aromatic heterocycles. The summed E-state index contributed by atoms with van der Waals surface area (Å²) in [6.45, 7) is 0. The quantitative estimate of drug-likeness (QED) is 0.491. The normalized spacial score (nSPS) is 10.4. The molecular weight excluding hydrogens is 230 g/mol. The van der Waals surface area contributed by atoms with Gasteiger partial charge < -0.3 is 10.9 Å². The molecule has 0 unspecified atom stereocenters. The Kier molecular flexibility index (Phi) is 4.81. The van der Waals surface area contributed by atoms with Gasteiger partial charge in [-0.25, -0.2) is 13.6 Å². The van der Waals surface area contributed by atoms with Gasteiger partial charge in [-0.05, 0) is 36.0 Å². The Balaban J connectivity index is 0.00000169. The number of sulfonamides is 1. The molecule has 80 valence electrons. The van der Waals surface area contributed by atoms with Crippen molar-refractivity contribution < 1.29 is 13.9 Å². The van der Waals surface area contributed by atoms with Gasteiger partial charge in [0, 0.05) is 0 Å². The molecule has 0 bridgehead atoms. The Morgan fingerprint density at radius 1 is 1.21 bits per heavy atom. The fourth-order valence-corrected chi connectivity index (χ4v) is 1.41. The summed E-state index contributed by atoms with van der Waals surface area (Å²) >= 11 is 5.16. The van der Waals surface area contributed by atoms with Crippen molar-refractivity contribution in [3.8, 4) is 0 Å². The summed E-state index contributed by atoms with van der Waals surface area (Å²) in [7, 11) is -3.62. The molecule has 0 aliphatic carbocycles. The number of halogens is 1. The standard InChI is InChI=1S/C6H8ClN3O2S.H2O/c7-10-9-5-1-3-6(4-2-5)13(8,11)12;/h1-4,9-10H,(H2,8,11,12);1H2. The van der Waals surface area contributed by atoms with Gasteiger partial charge >= 0.3 is 0 Å². The van der Waals surface area contributed by atoms with Crippen LogP contribution in [0, 0.1) is 0 Å². The summed E-state index contributed by atoms with van der Waals surface area (Å²) in [6, 6.07) is 5.84. The van der Waals surface area contributed by atoms with Crippen molar-refractivity contribution in [2.45, 2.75) is 4.90 Å². The zero-order valence-electron chi connectivity index (χ0n) is 6.99. The minimum absolute atomic E-state index is 0. The monoisotopic (exact) mass is 239 g/mol. The molecule has 1 rings (SSSR count). The number of nitrogens with two attached hydrogens (primary N) is 1. The molecule has 0 spiro atoms. The molecule has 1 aromatic carbocycles. The van der Waals surface area contributed by atoms with Gasteiger partial charge in [-0.1, -0.05) is 0 Å². The van der Waals surface area contributed by atoms with Crippen molar-refractivity contribution >= 4 is 27.5 Å². The first-order valence-corrected chi connectivity index (χ1v) is 5.21. The van der Waals surface area contributed by atoms with Gasteiger partial charge in [0.15, 0.2) is 0 Å². The van der Waals surface area contributed by atoms with Gasteiger partial charge in [-0.2, -0.15) is 0 Å². The highest BCUT2D eigenvalue weighted by Crippen LogP contribution is 2.11. The van der Waals surface area contributed by atoms with E-state index in [2.05, 4.69) is 10.4 Å². The second-order valence-electron chi connectivity index (χ2n) is 2.29. The minimum atomic E-state index is -3.62. The van der Waals surface area contributed by atoms with E-state index in [-0.39, 0.29) is 10.4 Å². The van der Waals surface area contributed by atoms with Crippen molar-refractivity contribution in [1.82, 2.24) is 4.94 Å². The summed E-state index contributed by atoms with van der Waals surface area (Å²) in [5, 5.41) is 4.89. The Hall–Kier alpha value is -0.860. The van der Waals surface area contributed by atoms with E-state index in [1.165, 1.54) is 24.3 Å². The first-order chi connectivity index (χ1) is 6.04. The van der Waals surface area contributed by atoms with Crippen LogP contribution in [0.4, 0.5) is 5.69 Å². The molecule has 0 heterocycles. The third kappa shape index (κ3) is 3.48. The molecule has 0 fully saturated rings. The predicted octanol–water partition coefficient (Wildman–Crippen LogP) is -0.420. The van der Waals surface area contributed by atoms with Gasteiger partial charge in [-0.3, -0.25) is 0 Å². The Morgan fingerprint density at radius 2 is 1.71 bits per heavy atom. The highest BCUT2D eigenvalue weighted by molar-refractivity contribution is 7.89. The third-order valence-corrected chi connectivity index (χ3v) is 2.40. The topological polar surface area (TPSA) is 116 Å². The maximum Gasteiger partial charge on any atom is 0.238 e. The lowest BCUT2D eigenvalue weighted by Crippen LogP contribution is -2.12. The molecule has 6 N–H and O–H groups in total. The van der Waals surface area contributed by atoms with Crippen LogP contribution in [0.1, 0.15) is 0 Å². The molecule has 0 amide bonds. The molecule has 8 heteroatoms. The number of rotatable bonds is 3. The number of primary sulfonamides is 1. The molecule has 0 saturated carbocycles. The van der Waals surface area contributed by atoms with Gasteiger partial charge in [0.25, 0.3) is 0 Å². The van der Waals surface area contributed by atoms with Crippen molar-refractivity contribution in [2.75, 3.05) is 5.43 Å². The summed E-state index contributed by atoms with van der Waals surface area (Å²) in [4.78, 5) is 2.25. The smallest absolute Gasteiger partial charge is 0.238 e. The van der Waals surface area contributed by atoms with Crippen LogP contribution >= 0.6 is 11.8 Å². The van der Waals surface area contributed by atoms with E-state index in [1.807, 2.05) is 0 Å². The summed E-state index contributed by atoms with van der Waals surface area (Å²) in [5.74, 6) is 0. The first-order valence-electron chi connectivity index (χ1n) is 3.28. The minimum Gasteiger partial charge on any atom is -0.412 e. The van der Waals surface area contributed by atoms with Crippen molar-refractivity contribution in [2.24, 2.45) is 5.14 Å². The number of benzene rings is 1. The molecule has 0 atom stereocenters. The molecule has 6 nitrogen and oxygen atoms in total. The van der Waals surface area contributed by atoms with Gasteiger partial charge in [0.2, 0.25) is 10.0 Å².